The quantitative estimate of drug-likeness (QED) is 0.150. The van der Waals surface area contributed by atoms with Crippen molar-refractivity contribution in [2.45, 2.75) is 38.5 Å². The minimum atomic E-state index is -3.65. The molecule has 0 aliphatic heterocycles. The summed E-state index contributed by atoms with van der Waals surface area (Å²) in [4.78, 5) is 12.6. The highest BCUT2D eigenvalue weighted by atomic mass is 32.2. The second kappa shape index (κ2) is 14.2. The third-order valence-corrected chi connectivity index (χ3v) is 9.32. The van der Waals surface area contributed by atoms with Gasteiger partial charge in [0, 0.05) is 29.7 Å². The molecular weight excluding hydrogens is 611 g/mol. The van der Waals surface area contributed by atoms with E-state index in [0.29, 0.717) is 23.3 Å². The molecule has 1 aromatic heterocycles. The van der Waals surface area contributed by atoms with Gasteiger partial charge >= 0.3 is 0 Å². The SMILES string of the molecule is COS(=O)(=O)CCNC(=O)c1ccc(CC(c2ccc(C(C)(C)C)cc2)c2cc(-c3cccc(-c4ccc(C#N)cc4)c3)on2)cc1. The maximum Gasteiger partial charge on any atom is 0.268 e. The van der Waals surface area contributed by atoms with Crippen molar-refractivity contribution in [1.29, 1.82) is 5.26 Å². The Morgan fingerprint density at radius 3 is 2.23 bits per heavy atom. The fraction of sp³-hybridized carbons (Fsp3) is 0.237. The summed E-state index contributed by atoms with van der Waals surface area (Å²) < 4.78 is 33.4. The number of benzene rings is 4. The van der Waals surface area contributed by atoms with E-state index in [9.17, 15) is 13.2 Å². The van der Waals surface area contributed by atoms with Crippen LogP contribution < -0.4 is 5.32 Å². The monoisotopic (exact) mass is 647 g/mol. The predicted octanol–water partition coefficient (Wildman–Crippen LogP) is 7.26. The van der Waals surface area contributed by atoms with Gasteiger partial charge in [-0.3, -0.25) is 8.98 Å². The summed E-state index contributed by atoms with van der Waals surface area (Å²) in [5, 5.41) is 16.3. The normalized spacial score (nSPS) is 12.3. The minimum Gasteiger partial charge on any atom is -0.356 e. The Morgan fingerprint density at radius 2 is 1.60 bits per heavy atom. The number of amides is 1. The van der Waals surface area contributed by atoms with Crippen molar-refractivity contribution in [2.24, 2.45) is 0 Å². The van der Waals surface area contributed by atoms with Gasteiger partial charge in [0.2, 0.25) is 0 Å². The molecule has 1 N–H and O–H groups in total. The first-order chi connectivity index (χ1) is 22.5. The zero-order valence-electron chi connectivity index (χ0n) is 26.9. The van der Waals surface area contributed by atoms with Crippen LogP contribution >= 0.6 is 0 Å². The molecule has 1 amide bonds. The lowest BCUT2D eigenvalue weighted by atomic mass is 9.83. The summed E-state index contributed by atoms with van der Waals surface area (Å²) >= 11 is 0. The molecular formula is C38H37N3O5S. The van der Waals surface area contributed by atoms with E-state index in [4.69, 9.17) is 9.78 Å². The molecule has 0 saturated carbocycles. The maximum absolute atomic E-state index is 12.6. The molecule has 5 rings (SSSR count). The summed E-state index contributed by atoms with van der Waals surface area (Å²) in [6, 6.07) is 35.5. The number of hydrogen-bond donors (Lipinski definition) is 1. The summed E-state index contributed by atoms with van der Waals surface area (Å²) in [5.74, 6) is -0.138. The first-order valence-electron chi connectivity index (χ1n) is 15.3. The maximum atomic E-state index is 12.6. The van der Waals surface area contributed by atoms with Crippen molar-refractivity contribution >= 4 is 16.0 Å². The van der Waals surface area contributed by atoms with Crippen molar-refractivity contribution in [3.63, 3.8) is 0 Å². The molecule has 8 nitrogen and oxygen atoms in total. The third kappa shape index (κ3) is 8.41. The van der Waals surface area contributed by atoms with Gasteiger partial charge in [-0.2, -0.15) is 13.7 Å². The van der Waals surface area contributed by atoms with Crippen LogP contribution in [0, 0.1) is 11.3 Å². The van der Waals surface area contributed by atoms with Gasteiger partial charge in [-0.1, -0.05) is 92.7 Å². The van der Waals surface area contributed by atoms with Gasteiger partial charge in [-0.15, -0.1) is 0 Å². The number of nitrogens with zero attached hydrogens (tertiary/aromatic N) is 2. The van der Waals surface area contributed by atoms with Gasteiger partial charge in [0.1, 0.15) is 0 Å². The number of nitrogens with one attached hydrogen (secondary N) is 1. The standard InChI is InChI=1S/C38H37N3O5S/c1-38(2,3)33-18-16-29(17-19-33)34(22-26-8-14-30(15-9-26)37(42)40-20-21-47(43,44)45-4)35-24-36(46-41-35)32-7-5-6-31(23-32)28-12-10-27(25-39)11-13-28/h5-19,23-24,34H,20-22H2,1-4H3,(H,40,42). The summed E-state index contributed by atoms with van der Waals surface area (Å²) in [7, 11) is -2.56. The molecule has 0 radical (unpaired) electrons. The Hall–Kier alpha value is -5.04. The molecule has 47 heavy (non-hydrogen) atoms. The highest BCUT2D eigenvalue weighted by molar-refractivity contribution is 7.86. The molecule has 240 valence electrons. The van der Waals surface area contributed by atoms with Crippen molar-refractivity contribution < 1.29 is 21.9 Å². The first-order valence-corrected chi connectivity index (χ1v) is 16.9. The number of nitriles is 1. The van der Waals surface area contributed by atoms with Crippen LogP contribution in [0.4, 0.5) is 0 Å². The van der Waals surface area contributed by atoms with E-state index in [1.54, 1.807) is 24.3 Å². The zero-order chi connectivity index (χ0) is 33.6. The van der Waals surface area contributed by atoms with Gasteiger partial charge in [0.05, 0.1) is 30.2 Å². The van der Waals surface area contributed by atoms with Crippen molar-refractivity contribution in [3.05, 3.63) is 137 Å². The summed E-state index contributed by atoms with van der Waals surface area (Å²) in [5.41, 5.74) is 8.05. The van der Waals surface area contributed by atoms with E-state index in [1.165, 1.54) is 5.56 Å². The molecule has 0 spiro atoms. The zero-order valence-corrected chi connectivity index (χ0v) is 27.7. The van der Waals surface area contributed by atoms with Crippen LogP contribution in [0.3, 0.4) is 0 Å². The number of hydrogen-bond acceptors (Lipinski definition) is 7. The lowest BCUT2D eigenvalue weighted by Gasteiger charge is -2.21. The number of aromatic nitrogens is 1. The van der Waals surface area contributed by atoms with E-state index in [2.05, 4.69) is 65.8 Å². The number of carbonyl (C=O) groups is 1. The van der Waals surface area contributed by atoms with Gasteiger partial charge in [0.15, 0.2) is 5.76 Å². The Morgan fingerprint density at radius 1 is 0.915 bits per heavy atom. The lowest BCUT2D eigenvalue weighted by molar-refractivity contribution is 0.0956. The molecule has 0 bridgehead atoms. The molecule has 0 saturated heterocycles. The molecule has 4 aromatic carbocycles. The molecule has 0 aliphatic carbocycles. The van der Waals surface area contributed by atoms with Gasteiger partial charge in [-0.25, -0.2) is 0 Å². The fourth-order valence-corrected chi connectivity index (χ4v) is 5.81. The Labute approximate surface area is 276 Å². The molecule has 5 aromatic rings. The Kier molecular flexibility index (Phi) is 10.0. The fourth-order valence-electron chi connectivity index (χ4n) is 5.29. The highest BCUT2D eigenvalue weighted by Gasteiger charge is 2.22. The van der Waals surface area contributed by atoms with Crippen LogP contribution in [0.2, 0.25) is 0 Å². The van der Waals surface area contributed by atoms with E-state index in [0.717, 1.165) is 40.6 Å². The molecule has 0 fully saturated rings. The smallest absolute Gasteiger partial charge is 0.268 e. The molecule has 1 heterocycles. The average Bonchev–Trinajstić information content (AvgIpc) is 3.57. The van der Waals surface area contributed by atoms with E-state index >= 15 is 0 Å². The second-order valence-corrected chi connectivity index (χ2v) is 14.3. The van der Waals surface area contributed by atoms with Crippen LogP contribution in [0.1, 0.15) is 65.0 Å². The highest BCUT2D eigenvalue weighted by Crippen LogP contribution is 2.34. The van der Waals surface area contributed by atoms with Crippen molar-refractivity contribution in [3.8, 4) is 28.5 Å². The van der Waals surface area contributed by atoms with Crippen molar-refractivity contribution in [1.82, 2.24) is 10.5 Å². The minimum absolute atomic E-state index is 0.0131. The van der Waals surface area contributed by atoms with Crippen molar-refractivity contribution in [2.75, 3.05) is 19.4 Å². The van der Waals surface area contributed by atoms with E-state index in [1.807, 2.05) is 54.6 Å². The van der Waals surface area contributed by atoms with Gasteiger partial charge in [0.25, 0.3) is 16.0 Å². The first kappa shape index (κ1) is 33.3. The van der Waals surface area contributed by atoms with Crippen LogP contribution in [0.15, 0.2) is 108 Å². The molecule has 0 aliphatic rings. The van der Waals surface area contributed by atoms with Crippen LogP contribution in [0.5, 0.6) is 0 Å². The predicted molar refractivity (Wildman–Crippen MR) is 182 cm³/mol. The largest absolute Gasteiger partial charge is 0.356 e. The van der Waals surface area contributed by atoms with Crippen LogP contribution in [-0.2, 0) is 26.1 Å². The summed E-state index contributed by atoms with van der Waals surface area (Å²) in [6.07, 6.45) is 0.611. The second-order valence-electron chi connectivity index (χ2n) is 12.4. The average molecular weight is 648 g/mol. The summed E-state index contributed by atoms with van der Waals surface area (Å²) in [6.45, 7) is 6.51. The number of rotatable bonds is 11. The van der Waals surface area contributed by atoms with Crippen LogP contribution in [-0.4, -0.2) is 38.9 Å². The Bertz CT molecular complexity index is 1980. The van der Waals surface area contributed by atoms with Gasteiger partial charge < -0.3 is 9.84 Å². The Balaban J connectivity index is 1.40. The number of carbonyl (C=O) groups excluding carboxylic acids is 1. The molecule has 9 heteroatoms. The van der Waals surface area contributed by atoms with Gasteiger partial charge in [-0.05, 0) is 70.0 Å². The molecule has 1 atom stereocenters. The van der Waals surface area contributed by atoms with Crippen LogP contribution in [0.25, 0.3) is 22.5 Å². The third-order valence-electron chi connectivity index (χ3n) is 8.11. The lowest BCUT2D eigenvalue weighted by Crippen LogP contribution is -2.29. The molecule has 1 unspecified atom stereocenters. The van der Waals surface area contributed by atoms with E-state index in [-0.39, 0.29) is 29.5 Å². The topological polar surface area (TPSA) is 122 Å². The van der Waals surface area contributed by atoms with E-state index < -0.39 is 10.1 Å².